The second-order valence-corrected chi connectivity index (χ2v) is 4.02. The lowest BCUT2D eigenvalue weighted by Crippen LogP contribution is -1.85. The maximum Gasteiger partial charge on any atom is 0.0596 e. The second kappa shape index (κ2) is 2.38. The smallest absolute Gasteiger partial charge is 0.0596 e. The molecule has 0 radical (unpaired) electrons. The van der Waals surface area contributed by atoms with Gasteiger partial charge in [-0.15, -0.1) is 11.3 Å². The number of benzene rings is 1. The highest BCUT2D eigenvalue weighted by atomic mass is 32.1. The fourth-order valence-electron chi connectivity index (χ4n) is 1.28. The van der Waals surface area contributed by atoms with Crippen LogP contribution >= 0.6 is 11.3 Å². The highest BCUT2D eigenvalue weighted by Gasteiger charge is 2.06. The fourth-order valence-corrected chi connectivity index (χ4v) is 2.28. The van der Waals surface area contributed by atoms with E-state index in [0.717, 1.165) is 26.3 Å². The minimum atomic E-state index is 0.817. The van der Waals surface area contributed by atoms with Crippen molar-refractivity contribution in [2.75, 3.05) is 11.5 Å². The Balaban J connectivity index is 2.95. The van der Waals surface area contributed by atoms with Crippen LogP contribution in [0.25, 0.3) is 10.1 Å². The van der Waals surface area contributed by atoms with Gasteiger partial charge in [-0.05, 0) is 13.0 Å². The number of nitrogen functional groups attached to an aromatic ring is 2. The molecule has 0 unspecified atom stereocenters. The van der Waals surface area contributed by atoms with Crippen LogP contribution in [-0.2, 0) is 0 Å². The molecule has 0 aliphatic carbocycles. The zero-order valence-electron chi connectivity index (χ0n) is 6.79. The van der Waals surface area contributed by atoms with Crippen LogP contribution in [0.2, 0.25) is 0 Å². The van der Waals surface area contributed by atoms with Gasteiger partial charge in [-0.2, -0.15) is 0 Å². The van der Waals surface area contributed by atoms with Crippen molar-refractivity contribution in [3.05, 3.63) is 23.1 Å². The normalized spacial score (nSPS) is 10.8. The first-order valence-electron chi connectivity index (χ1n) is 3.73. The molecule has 1 aromatic carbocycles. The van der Waals surface area contributed by atoms with Gasteiger partial charge in [-0.25, -0.2) is 0 Å². The largest absolute Gasteiger partial charge is 0.398 e. The Morgan fingerprint density at radius 2 is 2.00 bits per heavy atom. The summed E-state index contributed by atoms with van der Waals surface area (Å²) < 4.78 is 1.10. The molecule has 0 atom stereocenters. The molecule has 2 aromatic rings. The third-order valence-electron chi connectivity index (χ3n) is 1.97. The molecule has 1 heterocycles. The summed E-state index contributed by atoms with van der Waals surface area (Å²) in [5.74, 6) is 0. The Hall–Kier alpha value is -1.22. The first kappa shape index (κ1) is 7.43. The number of fused-ring (bicyclic) bond motifs is 1. The molecule has 2 nitrogen and oxygen atoms in total. The SMILES string of the molecule is Cc1sc2c(N)cccc2c1N. The molecular formula is C9H10N2S. The van der Waals surface area contributed by atoms with E-state index in [0.29, 0.717) is 0 Å². The van der Waals surface area contributed by atoms with Crippen LogP contribution < -0.4 is 11.5 Å². The van der Waals surface area contributed by atoms with Gasteiger partial charge in [0.25, 0.3) is 0 Å². The Morgan fingerprint density at radius 1 is 1.25 bits per heavy atom. The number of thiophene rings is 1. The third kappa shape index (κ3) is 0.865. The van der Waals surface area contributed by atoms with E-state index in [1.807, 2.05) is 25.1 Å². The van der Waals surface area contributed by atoms with Crippen LogP contribution in [0, 0.1) is 6.92 Å². The summed E-state index contributed by atoms with van der Waals surface area (Å²) in [6.45, 7) is 2.01. The Labute approximate surface area is 74.8 Å². The minimum Gasteiger partial charge on any atom is -0.398 e. The molecule has 12 heavy (non-hydrogen) atoms. The van der Waals surface area contributed by atoms with Crippen LogP contribution in [0.4, 0.5) is 11.4 Å². The molecular weight excluding hydrogens is 168 g/mol. The molecule has 0 bridgehead atoms. The standard InChI is InChI=1S/C9H10N2S/c1-5-8(11)6-3-2-4-7(10)9(6)12-5/h2-4H,10-11H2,1H3. The zero-order valence-corrected chi connectivity index (χ0v) is 7.61. The Kier molecular flexibility index (Phi) is 1.48. The lowest BCUT2D eigenvalue weighted by Gasteiger charge is -1.94. The van der Waals surface area contributed by atoms with E-state index in [2.05, 4.69) is 0 Å². The van der Waals surface area contributed by atoms with Gasteiger partial charge < -0.3 is 11.5 Å². The van der Waals surface area contributed by atoms with E-state index in [4.69, 9.17) is 11.5 Å². The Morgan fingerprint density at radius 3 is 2.67 bits per heavy atom. The lowest BCUT2D eigenvalue weighted by molar-refractivity contribution is 1.64. The van der Waals surface area contributed by atoms with Crippen molar-refractivity contribution >= 4 is 32.8 Å². The summed E-state index contributed by atoms with van der Waals surface area (Å²) in [4.78, 5) is 1.14. The predicted molar refractivity (Wildman–Crippen MR) is 55.4 cm³/mol. The topological polar surface area (TPSA) is 52.0 Å². The van der Waals surface area contributed by atoms with E-state index in [9.17, 15) is 0 Å². The van der Waals surface area contributed by atoms with Crippen LogP contribution in [0.15, 0.2) is 18.2 Å². The predicted octanol–water partition coefficient (Wildman–Crippen LogP) is 2.37. The van der Waals surface area contributed by atoms with Gasteiger partial charge in [-0.1, -0.05) is 12.1 Å². The second-order valence-electron chi connectivity index (χ2n) is 2.80. The van der Waals surface area contributed by atoms with Crippen molar-refractivity contribution in [2.45, 2.75) is 6.92 Å². The molecule has 0 amide bonds. The summed E-state index contributed by atoms with van der Waals surface area (Å²) in [6.07, 6.45) is 0. The number of nitrogens with two attached hydrogens (primary N) is 2. The average molecular weight is 178 g/mol. The first-order valence-corrected chi connectivity index (χ1v) is 4.55. The quantitative estimate of drug-likeness (QED) is 0.608. The molecule has 62 valence electrons. The van der Waals surface area contributed by atoms with Crippen LogP contribution in [0.5, 0.6) is 0 Å². The molecule has 1 aromatic heterocycles. The molecule has 4 N–H and O–H groups in total. The van der Waals surface area contributed by atoms with Gasteiger partial charge in [0.15, 0.2) is 0 Å². The fraction of sp³-hybridized carbons (Fsp3) is 0.111. The van der Waals surface area contributed by atoms with E-state index in [1.54, 1.807) is 11.3 Å². The van der Waals surface area contributed by atoms with Crippen molar-refractivity contribution in [1.82, 2.24) is 0 Å². The summed E-state index contributed by atoms with van der Waals surface area (Å²) in [5.41, 5.74) is 13.3. The van der Waals surface area contributed by atoms with Crippen LogP contribution in [0.1, 0.15) is 4.88 Å². The maximum absolute atomic E-state index is 5.86. The molecule has 0 saturated carbocycles. The van der Waals surface area contributed by atoms with Gasteiger partial charge in [0.2, 0.25) is 0 Å². The number of rotatable bonds is 0. The van der Waals surface area contributed by atoms with Gasteiger partial charge in [-0.3, -0.25) is 0 Å². The summed E-state index contributed by atoms with van der Waals surface area (Å²) in [5, 5.41) is 1.08. The van der Waals surface area contributed by atoms with Crippen molar-refractivity contribution in [3.8, 4) is 0 Å². The van der Waals surface area contributed by atoms with Crippen LogP contribution in [-0.4, -0.2) is 0 Å². The zero-order chi connectivity index (χ0) is 8.72. The van der Waals surface area contributed by atoms with Gasteiger partial charge in [0, 0.05) is 16.0 Å². The number of hydrogen-bond donors (Lipinski definition) is 2. The monoisotopic (exact) mass is 178 g/mol. The van der Waals surface area contributed by atoms with Crippen molar-refractivity contribution in [2.24, 2.45) is 0 Å². The number of aryl methyl sites for hydroxylation is 1. The molecule has 3 heteroatoms. The van der Waals surface area contributed by atoms with E-state index in [-0.39, 0.29) is 0 Å². The van der Waals surface area contributed by atoms with Crippen LogP contribution in [0.3, 0.4) is 0 Å². The Bertz CT molecular complexity index is 431. The van der Waals surface area contributed by atoms with Crippen molar-refractivity contribution in [3.63, 3.8) is 0 Å². The van der Waals surface area contributed by atoms with E-state index < -0.39 is 0 Å². The highest BCUT2D eigenvalue weighted by molar-refractivity contribution is 7.20. The van der Waals surface area contributed by atoms with Crippen molar-refractivity contribution in [1.29, 1.82) is 0 Å². The maximum atomic E-state index is 5.86. The minimum absolute atomic E-state index is 0.817. The molecule has 0 fully saturated rings. The molecule has 0 aliphatic rings. The molecule has 0 saturated heterocycles. The molecule has 2 rings (SSSR count). The van der Waals surface area contributed by atoms with Gasteiger partial charge >= 0.3 is 0 Å². The number of anilines is 2. The summed E-state index contributed by atoms with van der Waals surface area (Å²) in [6, 6.07) is 5.84. The van der Waals surface area contributed by atoms with E-state index >= 15 is 0 Å². The molecule has 0 spiro atoms. The number of hydrogen-bond acceptors (Lipinski definition) is 3. The molecule has 0 aliphatic heterocycles. The van der Waals surface area contributed by atoms with Crippen molar-refractivity contribution < 1.29 is 0 Å². The summed E-state index contributed by atoms with van der Waals surface area (Å²) >= 11 is 1.66. The first-order chi connectivity index (χ1) is 5.70. The summed E-state index contributed by atoms with van der Waals surface area (Å²) in [7, 11) is 0. The van der Waals surface area contributed by atoms with E-state index in [1.165, 1.54) is 0 Å². The van der Waals surface area contributed by atoms with Gasteiger partial charge in [0.1, 0.15) is 0 Å². The average Bonchev–Trinajstić information content (AvgIpc) is 2.32. The third-order valence-corrected chi connectivity index (χ3v) is 3.16. The highest BCUT2D eigenvalue weighted by Crippen LogP contribution is 2.35. The lowest BCUT2D eigenvalue weighted by atomic mass is 10.2. The van der Waals surface area contributed by atoms with Gasteiger partial charge in [0.05, 0.1) is 10.4 Å².